The van der Waals surface area contributed by atoms with Crippen molar-refractivity contribution in [2.75, 3.05) is 19.8 Å². The standard InChI is InChI=1S/C18H20N2O3/c21-18(20(14-5-6-14)11-13-9-10-22-12-13)8-7-17-19-15-3-1-2-4-16(15)23-17/h1-4,7-8,13-14H,5-6,9-12H2/b8-7+/t13-/m0/s1. The zero-order valence-corrected chi connectivity index (χ0v) is 13.0. The highest BCUT2D eigenvalue weighted by molar-refractivity contribution is 5.92. The zero-order valence-electron chi connectivity index (χ0n) is 13.0. The average Bonchev–Trinajstić information content (AvgIpc) is 3.11. The van der Waals surface area contributed by atoms with Gasteiger partial charge in [-0.15, -0.1) is 0 Å². The van der Waals surface area contributed by atoms with E-state index in [1.165, 1.54) is 0 Å². The third-order valence-corrected chi connectivity index (χ3v) is 4.43. The lowest BCUT2D eigenvalue weighted by molar-refractivity contribution is -0.127. The van der Waals surface area contributed by atoms with E-state index in [0.717, 1.165) is 50.1 Å². The molecule has 0 unspecified atom stereocenters. The van der Waals surface area contributed by atoms with E-state index in [-0.39, 0.29) is 5.91 Å². The van der Waals surface area contributed by atoms with Crippen LogP contribution in [-0.2, 0) is 9.53 Å². The van der Waals surface area contributed by atoms with Crippen LogP contribution in [0.5, 0.6) is 0 Å². The van der Waals surface area contributed by atoms with Crippen LogP contribution in [0.3, 0.4) is 0 Å². The lowest BCUT2D eigenvalue weighted by Crippen LogP contribution is -2.36. The van der Waals surface area contributed by atoms with E-state index < -0.39 is 0 Å². The summed E-state index contributed by atoms with van der Waals surface area (Å²) in [5.41, 5.74) is 1.54. The predicted molar refractivity (Wildman–Crippen MR) is 86.7 cm³/mol. The van der Waals surface area contributed by atoms with Gasteiger partial charge in [-0.25, -0.2) is 4.98 Å². The fourth-order valence-corrected chi connectivity index (χ4v) is 3.01. The number of ether oxygens (including phenoxy) is 1. The summed E-state index contributed by atoms with van der Waals surface area (Å²) >= 11 is 0. The molecular weight excluding hydrogens is 292 g/mol. The van der Waals surface area contributed by atoms with Crippen molar-refractivity contribution < 1.29 is 13.9 Å². The minimum absolute atomic E-state index is 0.0432. The maximum Gasteiger partial charge on any atom is 0.247 e. The van der Waals surface area contributed by atoms with Gasteiger partial charge in [-0.2, -0.15) is 0 Å². The molecule has 4 rings (SSSR count). The van der Waals surface area contributed by atoms with E-state index in [2.05, 4.69) is 4.98 Å². The molecule has 1 amide bonds. The maximum atomic E-state index is 12.5. The van der Waals surface area contributed by atoms with Gasteiger partial charge in [0.1, 0.15) is 5.52 Å². The van der Waals surface area contributed by atoms with Gasteiger partial charge in [-0.3, -0.25) is 4.79 Å². The molecule has 2 aromatic rings. The summed E-state index contributed by atoms with van der Waals surface area (Å²) in [6.45, 7) is 2.38. The van der Waals surface area contributed by atoms with Gasteiger partial charge < -0.3 is 14.1 Å². The number of aromatic nitrogens is 1. The van der Waals surface area contributed by atoms with Gasteiger partial charge in [0.25, 0.3) is 0 Å². The third kappa shape index (κ3) is 3.29. The average molecular weight is 312 g/mol. The van der Waals surface area contributed by atoms with Gasteiger partial charge in [0.05, 0.1) is 6.61 Å². The summed E-state index contributed by atoms with van der Waals surface area (Å²) in [6, 6.07) is 8.00. The molecule has 5 heteroatoms. The molecule has 0 radical (unpaired) electrons. The molecule has 0 bridgehead atoms. The van der Waals surface area contributed by atoms with Crippen LogP contribution in [0.25, 0.3) is 17.2 Å². The van der Waals surface area contributed by atoms with Gasteiger partial charge in [-0.1, -0.05) is 12.1 Å². The Morgan fingerprint density at radius 3 is 2.91 bits per heavy atom. The van der Waals surface area contributed by atoms with Crippen LogP contribution in [0.2, 0.25) is 0 Å². The Kier molecular flexibility index (Phi) is 3.87. The lowest BCUT2D eigenvalue weighted by Gasteiger charge is -2.23. The fraction of sp³-hybridized carbons (Fsp3) is 0.444. The van der Waals surface area contributed by atoms with Crippen LogP contribution in [0.1, 0.15) is 25.2 Å². The number of oxazole rings is 1. The number of nitrogens with zero attached hydrogens (tertiary/aromatic N) is 2. The first-order valence-corrected chi connectivity index (χ1v) is 8.21. The molecule has 2 aliphatic rings. The van der Waals surface area contributed by atoms with E-state index in [9.17, 15) is 4.79 Å². The highest BCUT2D eigenvalue weighted by atomic mass is 16.5. The van der Waals surface area contributed by atoms with Gasteiger partial charge in [0.2, 0.25) is 11.8 Å². The second-order valence-electron chi connectivity index (χ2n) is 6.30. The molecule has 1 aromatic heterocycles. The van der Waals surface area contributed by atoms with E-state index in [4.69, 9.17) is 9.15 Å². The SMILES string of the molecule is O=C(/C=C/c1nc2ccccc2o1)N(C[C@@H]1CCOC1)C1CC1. The van der Waals surface area contributed by atoms with Crippen molar-refractivity contribution in [1.29, 1.82) is 0 Å². The molecule has 23 heavy (non-hydrogen) atoms. The van der Waals surface area contributed by atoms with Crippen molar-refractivity contribution in [3.8, 4) is 0 Å². The predicted octanol–water partition coefficient (Wildman–Crippen LogP) is 2.87. The number of rotatable bonds is 5. The normalized spacial score (nSPS) is 21.3. The Labute approximate surface area is 134 Å². The van der Waals surface area contributed by atoms with Crippen molar-refractivity contribution in [2.24, 2.45) is 5.92 Å². The summed E-state index contributed by atoms with van der Waals surface area (Å²) in [4.78, 5) is 18.9. The summed E-state index contributed by atoms with van der Waals surface area (Å²) in [6.07, 6.45) is 6.51. The molecule has 1 atom stereocenters. The highest BCUT2D eigenvalue weighted by Crippen LogP contribution is 2.29. The van der Waals surface area contributed by atoms with E-state index in [1.807, 2.05) is 29.2 Å². The maximum absolute atomic E-state index is 12.5. The van der Waals surface area contributed by atoms with Gasteiger partial charge in [0.15, 0.2) is 5.58 Å². The highest BCUT2D eigenvalue weighted by Gasteiger charge is 2.33. The van der Waals surface area contributed by atoms with Crippen molar-refractivity contribution in [3.05, 3.63) is 36.2 Å². The number of para-hydroxylation sites is 2. The lowest BCUT2D eigenvalue weighted by atomic mass is 10.1. The van der Waals surface area contributed by atoms with Crippen LogP contribution in [0, 0.1) is 5.92 Å². The number of benzene rings is 1. The van der Waals surface area contributed by atoms with Crippen LogP contribution in [-0.4, -0.2) is 41.6 Å². The van der Waals surface area contributed by atoms with Gasteiger partial charge in [-0.05, 0) is 31.4 Å². The van der Waals surface area contributed by atoms with Crippen molar-refractivity contribution >= 4 is 23.1 Å². The van der Waals surface area contributed by atoms with Crippen LogP contribution >= 0.6 is 0 Å². The first-order valence-electron chi connectivity index (χ1n) is 8.21. The molecule has 1 aromatic carbocycles. The van der Waals surface area contributed by atoms with Crippen LogP contribution in [0.4, 0.5) is 0 Å². The zero-order chi connectivity index (χ0) is 15.6. The Morgan fingerprint density at radius 1 is 1.30 bits per heavy atom. The number of hydrogen-bond acceptors (Lipinski definition) is 4. The molecule has 2 fully saturated rings. The topological polar surface area (TPSA) is 55.6 Å². The van der Waals surface area contributed by atoms with Crippen molar-refractivity contribution in [2.45, 2.75) is 25.3 Å². The summed E-state index contributed by atoms with van der Waals surface area (Å²) in [5, 5.41) is 0. The fourth-order valence-electron chi connectivity index (χ4n) is 3.01. The Morgan fingerprint density at radius 2 is 2.17 bits per heavy atom. The van der Waals surface area contributed by atoms with Gasteiger partial charge >= 0.3 is 0 Å². The number of hydrogen-bond donors (Lipinski definition) is 0. The van der Waals surface area contributed by atoms with Gasteiger partial charge in [0, 0.05) is 37.3 Å². The molecular formula is C18H20N2O3. The third-order valence-electron chi connectivity index (χ3n) is 4.43. The van der Waals surface area contributed by atoms with Crippen LogP contribution < -0.4 is 0 Å². The first kappa shape index (κ1) is 14.5. The molecule has 2 heterocycles. The van der Waals surface area contributed by atoms with E-state index in [0.29, 0.717) is 17.9 Å². The molecule has 1 aliphatic heterocycles. The molecule has 0 N–H and O–H groups in total. The summed E-state index contributed by atoms with van der Waals surface area (Å²) in [5.74, 6) is 0.985. The second-order valence-corrected chi connectivity index (χ2v) is 6.30. The molecule has 1 aliphatic carbocycles. The quantitative estimate of drug-likeness (QED) is 0.797. The van der Waals surface area contributed by atoms with Crippen LogP contribution in [0.15, 0.2) is 34.8 Å². The number of fused-ring (bicyclic) bond motifs is 1. The minimum atomic E-state index is 0.0432. The Balaban J connectivity index is 1.45. The van der Waals surface area contributed by atoms with Crippen molar-refractivity contribution in [3.63, 3.8) is 0 Å². The molecule has 1 saturated carbocycles. The monoisotopic (exact) mass is 312 g/mol. The van der Waals surface area contributed by atoms with Crippen molar-refractivity contribution in [1.82, 2.24) is 9.88 Å². The Hall–Kier alpha value is -2.14. The molecule has 0 spiro atoms. The summed E-state index contributed by atoms with van der Waals surface area (Å²) < 4.78 is 11.0. The van der Waals surface area contributed by atoms with E-state index in [1.54, 1.807) is 12.2 Å². The number of carbonyl (C=O) groups excluding carboxylic acids is 1. The minimum Gasteiger partial charge on any atom is -0.437 e. The largest absolute Gasteiger partial charge is 0.437 e. The number of carbonyl (C=O) groups is 1. The second kappa shape index (κ2) is 6.16. The smallest absolute Gasteiger partial charge is 0.247 e. The van der Waals surface area contributed by atoms with E-state index >= 15 is 0 Å². The number of amides is 1. The molecule has 120 valence electrons. The molecule has 1 saturated heterocycles. The Bertz CT molecular complexity index is 694. The molecule has 5 nitrogen and oxygen atoms in total. The first-order chi connectivity index (χ1) is 11.3. The summed E-state index contributed by atoms with van der Waals surface area (Å²) in [7, 11) is 0.